The first-order valence-corrected chi connectivity index (χ1v) is 8.36. The highest BCUT2D eigenvalue weighted by Gasteiger charge is 2.22. The summed E-state index contributed by atoms with van der Waals surface area (Å²) in [5.74, 6) is -1.15. The summed E-state index contributed by atoms with van der Waals surface area (Å²) in [5, 5.41) is 2.71. The van der Waals surface area contributed by atoms with Crippen molar-refractivity contribution in [3.8, 4) is 0 Å². The van der Waals surface area contributed by atoms with Gasteiger partial charge >= 0.3 is 0 Å². The van der Waals surface area contributed by atoms with Crippen LogP contribution in [0, 0.1) is 5.82 Å². The van der Waals surface area contributed by atoms with Gasteiger partial charge in [-0.1, -0.05) is 24.3 Å². The molecule has 1 amide bonds. The molecule has 8 heteroatoms. The zero-order valence-corrected chi connectivity index (χ0v) is 14.9. The molecule has 1 aromatic carbocycles. The van der Waals surface area contributed by atoms with E-state index in [-0.39, 0.29) is 11.3 Å². The van der Waals surface area contributed by atoms with Crippen molar-refractivity contribution in [2.45, 2.75) is 12.7 Å². The Kier molecular flexibility index (Phi) is 5.78. The van der Waals surface area contributed by atoms with Crippen LogP contribution < -0.4 is 15.7 Å². The molecule has 0 aliphatic heterocycles. The molecule has 2 aromatic heterocycles. The number of nitrogens with zero attached hydrogens (tertiary/aromatic N) is 2. The highest BCUT2D eigenvalue weighted by molar-refractivity contribution is 5.94. The molecule has 0 saturated heterocycles. The highest BCUT2D eigenvalue weighted by atomic mass is 19.1. The Hall–Kier alpha value is -3.55. The molecule has 0 unspecified atom stereocenters. The number of carbonyl (C=O) groups is 1. The van der Waals surface area contributed by atoms with Crippen molar-refractivity contribution in [3.63, 3.8) is 0 Å². The summed E-state index contributed by atoms with van der Waals surface area (Å²) < 4.78 is 28.1. The molecular weight excluding hydrogens is 368 g/mol. The van der Waals surface area contributed by atoms with E-state index in [2.05, 4.69) is 10.3 Å². The van der Waals surface area contributed by atoms with Gasteiger partial charge in [0.1, 0.15) is 25.3 Å². The molecule has 0 saturated carbocycles. The van der Waals surface area contributed by atoms with Crippen molar-refractivity contribution >= 4 is 5.91 Å². The van der Waals surface area contributed by atoms with Gasteiger partial charge in [0.2, 0.25) is 0 Å². The van der Waals surface area contributed by atoms with E-state index in [1.165, 1.54) is 43.8 Å². The van der Waals surface area contributed by atoms with Crippen LogP contribution in [0.3, 0.4) is 0 Å². The van der Waals surface area contributed by atoms with E-state index >= 15 is 0 Å². The van der Waals surface area contributed by atoms with E-state index in [1.807, 2.05) is 0 Å². The lowest BCUT2D eigenvalue weighted by Crippen LogP contribution is -2.32. The normalized spacial score (nSPS) is 11.7. The average molecular weight is 385 g/mol. The fraction of sp³-hybridized carbons (Fsp3) is 0.150. The lowest BCUT2D eigenvalue weighted by atomic mass is 10.0. The Bertz CT molecular complexity index is 1040. The number of halogens is 2. The molecule has 0 spiro atoms. The average Bonchev–Trinajstić information content (AvgIpc) is 2.73. The number of pyridine rings is 2. The van der Waals surface area contributed by atoms with Crippen molar-refractivity contribution in [2.75, 3.05) is 7.11 Å². The molecule has 0 radical (unpaired) electrons. The first kappa shape index (κ1) is 19.2. The monoisotopic (exact) mass is 385 g/mol. The third kappa shape index (κ3) is 4.06. The van der Waals surface area contributed by atoms with Crippen LogP contribution in [0.2, 0.25) is 0 Å². The van der Waals surface area contributed by atoms with Gasteiger partial charge < -0.3 is 10.2 Å². The maximum absolute atomic E-state index is 14.4. The summed E-state index contributed by atoms with van der Waals surface area (Å²) in [6.07, 6.45) is 2.65. The number of benzene rings is 1. The number of hydrogen-bond donors (Lipinski definition) is 1. The third-order valence-electron chi connectivity index (χ3n) is 4.14. The van der Waals surface area contributed by atoms with Gasteiger partial charge in [-0.15, -0.1) is 0 Å². The number of alkyl halides is 1. The molecular formula is C20H17F2N3O3. The number of rotatable bonds is 6. The van der Waals surface area contributed by atoms with Gasteiger partial charge in [-0.3, -0.25) is 14.6 Å². The minimum absolute atomic E-state index is 0.0175. The van der Waals surface area contributed by atoms with Gasteiger partial charge in [0, 0.05) is 12.3 Å². The summed E-state index contributed by atoms with van der Waals surface area (Å²) in [7, 11) is 1.29. The molecule has 6 nitrogen and oxygen atoms in total. The second-order valence-corrected chi connectivity index (χ2v) is 5.92. The van der Waals surface area contributed by atoms with Crippen molar-refractivity contribution in [3.05, 3.63) is 99.5 Å². The van der Waals surface area contributed by atoms with Gasteiger partial charge in [-0.2, -0.15) is 4.73 Å². The van der Waals surface area contributed by atoms with Crippen LogP contribution in [0.4, 0.5) is 8.78 Å². The lowest BCUT2D eigenvalue weighted by Gasteiger charge is -2.20. The topological polar surface area (TPSA) is 73.2 Å². The summed E-state index contributed by atoms with van der Waals surface area (Å²) >= 11 is 0. The van der Waals surface area contributed by atoms with Crippen molar-refractivity contribution in [1.82, 2.24) is 15.0 Å². The van der Waals surface area contributed by atoms with E-state index in [0.29, 0.717) is 11.1 Å². The molecule has 1 N–H and O–H groups in total. The SMILES string of the molecule is COn1cc(C(=O)N[C@@H](c2ccc(CF)cc2)c2ncccc2F)ccc1=O. The van der Waals surface area contributed by atoms with Crippen molar-refractivity contribution in [1.29, 1.82) is 0 Å². The van der Waals surface area contributed by atoms with E-state index in [1.54, 1.807) is 24.3 Å². The second-order valence-electron chi connectivity index (χ2n) is 5.92. The van der Waals surface area contributed by atoms with E-state index in [0.717, 1.165) is 4.73 Å². The second kappa shape index (κ2) is 8.43. The summed E-state index contributed by atoms with van der Waals surface area (Å²) in [4.78, 5) is 33.3. The minimum atomic E-state index is -0.912. The molecule has 0 bridgehead atoms. The molecule has 2 heterocycles. The number of amides is 1. The van der Waals surface area contributed by atoms with Crippen LogP contribution in [-0.2, 0) is 6.67 Å². The molecule has 144 valence electrons. The number of aromatic nitrogens is 2. The maximum Gasteiger partial charge on any atom is 0.282 e. The molecule has 1 atom stereocenters. The fourth-order valence-corrected chi connectivity index (χ4v) is 2.68. The maximum atomic E-state index is 14.4. The van der Waals surface area contributed by atoms with Crippen LogP contribution in [0.1, 0.15) is 33.2 Å². The summed E-state index contributed by atoms with van der Waals surface area (Å²) in [5.41, 5.74) is 0.714. The fourth-order valence-electron chi connectivity index (χ4n) is 2.68. The number of carbonyl (C=O) groups excluding carboxylic acids is 1. The first-order valence-electron chi connectivity index (χ1n) is 8.36. The molecule has 3 aromatic rings. The van der Waals surface area contributed by atoms with Crippen LogP contribution in [0.5, 0.6) is 0 Å². The predicted molar refractivity (Wildman–Crippen MR) is 98.0 cm³/mol. The molecule has 0 aliphatic rings. The third-order valence-corrected chi connectivity index (χ3v) is 4.14. The van der Waals surface area contributed by atoms with Crippen LogP contribution in [0.15, 0.2) is 65.7 Å². The van der Waals surface area contributed by atoms with E-state index in [4.69, 9.17) is 4.84 Å². The Morgan fingerprint density at radius 3 is 2.61 bits per heavy atom. The largest absolute Gasteiger partial charge is 0.414 e. The Morgan fingerprint density at radius 2 is 1.96 bits per heavy atom. The zero-order valence-electron chi connectivity index (χ0n) is 14.9. The molecule has 0 aliphatic carbocycles. The van der Waals surface area contributed by atoms with Gasteiger partial charge in [0.05, 0.1) is 17.8 Å². The Morgan fingerprint density at radius 1 is 1.21 bits per heavy atom. The predicted octanol–water partition coefficient (Wildman–Crippen LogP) is 2.43. The molecule has 28 heavy (non-hydrogen) atoms. The zero-order chi connectivity index (χ0) is 20.1. The first-order chi connectivity index (χ1) is 13.5. The Labute approximate surface area is 159 Å². The van der Waals surface area contributed by atoms with Crippen LogP contribution in [0.25, 0.3) is 0 Å². The molecule has 0 fully saturated rings. The van der Waals surface area contributed by atoms with Gasteiger partial charge in [0.15, 0.2) is 0 Å². The lowest BCUT2D eigenvalue weighted by molar-refractivity contribution is 0.0935. The summed E-state index contributed by atoms with van der Waals surface area (Å²) in [6, 6.07) is 10.6. The standard InChI is InChI=1S/C20H17F2N3O3/c1-28-25-12-15(8-9-17(25)26)20(27)24-18(19-16(22)3-2-10-23-19)14-6-4-13(11-21)5-7-14/h2-10,12,18H,11H2,1H3,(H,24,27)/t18-/m0/s1. The van der Waals surface area contributed by atoms with E-state index < -0.39 is 30.0 Å². The smallest absolute Gasteiger partial charge is 0.282 e. The summed E-state index contributed by atoms with van der Waals surface area (Å²) in [6.45, 7) is -0.631. The van der Waals surface area contributed by atoms with Gasteiger partial charge in [-0.25, -0.2) is 8.78 Å². The Balaban J connectivity index is 1.98. The minimum Gasteiger partial charge on any atom is -0.414 e. The highest BCUT2D eigenvalue weighted by Crippen LogP contribution is 2.24. The van der Waals surface area contributed by atoms with Gasteiger partial charge in [0.25, 0.3) is 11.5 Å². The number of nitrogens with one attached hydrogen (secondary N) is 1. The van der Waals surface area contributed by atoms with Gasteiger partial charge in [-0.05, 0) is 29.3 Å². The van der Waals surface area contributed by atoms with Crippen LogP contribution >= 0.6 is 0 Å². The van der Waals surface area contributed by atoms with E-state index in [9.17, 15) is 18.4 Å². The number of hydrogen-bond acceptors (Lipinski definition) is 4. The van der Waals surface area contributed by atoms with Crippen LogP contribution in [-0.4, -0.2) is 22.7 Å². The quantitative estimate of drug-likeness (QED) is 0.707. The molecule has 3 rings (SSSR count). The van der Waals surface area contributed by atoms with Crippen molar-refractivity contribution in [2.24, 2.45) is 0 Å². The van der Waals surface area contributed by atoms with Crippen molar-refractivity contribution < 1.29 is 18.4 Å².